The molecule has 4 rings (SSSR count). The average molecular weight is 470 g/mol. The molecule has 9 heteroatoms. The lowest BCUT2D eigenvalue weighted by Crippen LogP contribution is -2.32. The van der Waals surface area contributed by atoms with E-state index in [2.05, 4.69) is 10.6 Å². The Morgan fingerprint density at radius 3 is 2.09 bits per heavy atom. The molecule has 6 nitrogen and oxygen atoms in total. The Morgan fingerprint density at radius 1 is 0.812 bits per heavy atom. The molecule has 32 heavy (non-hydrogen) atoms. The van der Waals surface area contributed by atoms with Crippen LogP contribution in [-0.4, -0.2) is 17.7 Å². The standard InChI is InChI=1S/C23H14Cl2FN3O3/c24-17-3-1-2-4-18(17)29-22(31)19(25)20(23(29)32)27-15-9-5-13(6-10-15)21(30)28-16-11-7-14(26)8-12-16/h1-12,27H,(H,28,30). The summed E-state index contributed by atoms with van der Waals surface area (Å²) in [7, 11) is 0. The summed E-state index contributed by atoms with van der Waals surface area (Å²) in [5.41, 5.74) is 1.36. The second-order valence-corrected chi connectivity index (χ2v) is 7.53. The van der Waals surface area contributed by atoms with Crippen LogP contribution in [0.1, 0.15) is 10.4 Å². The van der Waals surface area contributed by atoms with E-state index in [4.69, 9.17) is 23.2 Å². The van der Waals surface area contributed by atoms with Crippen molar-refractivity contribution in [3.63, 3.8) is 0 Å². The number of benzene rings is 3. The van der Waals surface area contributed by atoms with Crippen molar-refractivity contribution in [1.82, 2.24) is 0 Å². The van der Waals surface area contributed by atoms with Crippen LogP contribution in [0, 0.1) is 5.82 Å². The summed E-state index contributed by atoms with van der Waals surface area (Å²) < 4.78 is 13.0. The molecule has 3 amide bonds. The van der Waals surface area contributed by atoms with Crippen LogP contribution in [0.4, 0.5) is 21.5 Å². The van der Waals surface area contributed by atoms with Crippen LogP contribution in [0.5, 0.6) is 0 Å². The van der Waals surface area contributed by atoms with Crippen LogP contribution in [0.15, 0.2) is 83.5 Å². The third-order valence-electron chi connectivity index (χ3n) is 4.64. The summed E-state index contributed by atoms with van der Waals surface area (Å²) in [5, 5.41) is 5.45. The zero-order valence-electron chi connectivity index (χ0n) is 16.2. The number of nitrogens with one attached hydrogen (secondary N) is 2. The van der Waals surface area contributed by atoms with E-state index < -0.39 is 23.5 Å². The van der Waals surface area contributed by atoms with Crippen molar-refractivity contribution in [3.05, 3.63) is 99.9 Å². The Balaban J connectivity index is 1.49. The van der Waals surface area contributed by atoms with Gasteiger partial charge in [0.2, 0.25) is 0 Å². The molecule has 0 unspecified atom stereocenters. The van der Waals surface area contributed by atoms with E-state index in [9.17, 15) is 18.8 Å². The van der Waals surface area contributed by atoms with Crippen molar-refractivity contribution < 1.29 is 18.8 Å². The molecular formula is C23H14Cl2FN3O3. The molecule has 2 N–H and O–H groups in total. The molecule has 0 atom stereocenters. The number of rotatable bonds is 5. The van der Waals surface area contributed by atoms with Gasteiger partial charge in [0.1, 0.15) is 16.5 Å². The molecule has 1 aliphatic rings. The average Bonchev–Trinajstić information content (AvgIpc) is 2.99. The minimum absolute atomic E-state index is 0.0971. The summed E-state index contributed by atoms with van der Waals surface area (Å²) in [5.74, 6) is -2.13. The van der Waals surface area contributed by atoms with Gasteiger partial charge in [0.15, 0.2) is 0 Å². The number of carbonyl (C=O) groups excluding carboxylic acids is 3. The third-order valence-corrected chi connectivity index (χ3v) is 5.31. The lowest BCUT2D eigenvalue weighted by molar-refractivity contribution is -0.120. The van der Waals surface area contributed by atoms with Gasteiger partial charge in [-0.3, -0.25) is 14.4 Å². The van der Waals surface area contributed by atoms with E-state index in [-0.39, 0.29) is 21.4 Å². The predicted octanol–water partition coefficient (Wildman–Crippen LogP) is 5.17. The van der Waals surface area contributed by atoms with E-state index >= 15 is 0 Å². The van der Waals surface area contributed by atoms with Crippen LogP contribution >= 0.6 is 23.2 Å². The minimum atomic E-state index is -0.692. The van der Waals surface area contributed by atoms with E-state index in [1.165, 1.54) is 36.4 Å². The number of nitrogens with zero attached hydrogens (tertiary/aromatic N) is 1. The lowest BCUT2D eigenvalue weighted by Gasteiger charge is -2.16. The number of carbonyl (C=O) groups is 3. The van der Waals surface area contributed by atoms with Gasteiger partial charge in [0.05, 0.1) is 10.7 Å². The van der Waals surface area contributed by atoms with Crippen LogP contribution in [0.25, 0.3) is 0 Å². The minimum Gasteiger partial charge on any atom is -0.350 e. The maximum atomic E-state index is 13.0. The highest BCUT2D eigenvalue weighted by atomic mass is 35.5. The second-order valence-electron chi connectivity index (χ2n) is 6.75. The summed E-state index contributed by atoms with van der Waals surface area (Å²) in [4.78, 5) is 38.6. The molecule has 0 saturated heterocycles. The number of hydrogen-bond acceptors (Lipinski definition) is 4. The predicted molar refractivity (Wildman–Crippen MR) is 121 cm³/mol. The fourth-order valence-corrected chi connectivity index (χ4v) is 3.48. The molecule has 0 bridgehead atoms. The number of halogens is 3. The first-order valence-corrected chi connectivity index (χ1v) is 10.1. The van der Waals surface area contributed by atoms with Crippen LogP contribution in [0.2, 0.25) is 5.02 Å². The van der Waals surface area contributed by atoms with Crippen molar-refractivity contribution in [2.24, 2.45) is 0 Å². The maximum Gasteiger partial charge on any atom is 0.283 e. The molecule has 0 radical (unpaired) electrons. The normalized spacial score (nSPS) is 13.5. The highest BCUT2D eigenvalue weighted by Crippen LogP contribution is 2.34. The van der Waals surface area contributed by atoms with E-state index in [1.807, 2.05) is 0 Å². The SMILES string of the molecule is O=C(Nc1ccc(F)cc1)c1ccc(NC2=C(Cl)C(=O)N(c3ccccc3Cl)C2=O)cc1. The molecule has 0 fully saturated rings. The van der Waals surface area contributed by atoms with Gasteiger partial charge in [0, 0.05) is 16.9 Å². The number of para-hydroxylation sites is 1. The summed E-state index contributed by atoms with van der Waals surface area (Å²) in [6, 6.07) is 18.0. The van der Waals surface area contributed by atoms with Crippen molar-refractivity contribution in [3.8, 4) is 0 Å². The first-order chi connectivity index (χ1) is 15.3. The fraction of sp³-hybridized carbons (Fsp3) is 0. The smallest absolute Gasteiger partial charge is 0.283 e. The molecule has 1 aliphatic heterocycles. The second kappa shape index (κ2) is 8.82. The molecule has 1 heterocycles. The highest BCUT2D eigenvalue weighted by molar-refractivity contribution is 6.53. The van der Waals surface area contributed by atoms with Crippen LogP contribution in [-0.2, 0) is 9.59 Å². The molecule has 0 saturated carbocycles. The summed E-state index contributed by atoms with van der Waals surface area (Å²) >= 11 is 12.2. The Bertz CT molecular complexity index is 1260. The first-order valence-electron chi connectivity index (χ1n) is 9.32. The molecule has 3 aromatic rings. The number of anilines is 3. The van der Waals surface area contributed by atoms with Gasteiger partial charge in [0.25, 0.3) is 17.7 Å². The van der Waals surface area contributed by atoms with Gasteiger partial charge in [-0.2, -0.15) is 0 Å². The van der Waals surface area contributed by atoms with Gasteiger partial charge in [-0.25, -0.2) is 9.29 Å². The fourth-order valence-electron chi connectivity index (χ4n) is 3.05. The van der Waals surface area contributed by atoms with Crippen molar-refractivity contribution in [2.45, 2.75) is 0 Å². The summed E-state index contributed by atoms with van der Waals surface area (Å²) in [6.07, 6.45) is 0. The quantitative estimate of drug-likeness (QED) is 0.505. The lowest BCUT2D eigenvalue weighted by atomic mass is 10.2. The number of imide groups is 1. The monoisotopic (exact) mass is 469 g/mol. The van der Waals surface area contributed by atoms with Gasteiger partial charge in [-0.05, 0) is 60.7 Å². The Labute approximate surface area is 192 Å². The molecule has 0 aliphatic carbocycles. The Morgan fingerprint density at radius 2 is 1.44 bits per heavy atom. The zero-order valence-corrected chi connectivity index (χ0v) is 17.7. The molecule has 0 aromatic heterocycles. The van der Waals surface area contributed by atoms with E-state index in [1.54, 1.807) is 36.4 Å². The molecule has 160 valence electrons. The number of amides is 3. The van der Waals surface area contributed by atoms with Crippen molar-refractivity contribution >= 4 is 58.0 Å². The van der Waals surface area contributed by atoms with E-state index in [0.717, 1.165) is 4.90 Å². The highest BCUT2D eigenvalue weighted by Gasteiger charge is 2.39. The topological polar surface area (TPSA) is 78.5 Å². The van der Waals surface area contributed by atoms with Gasteiger partial charge >= 0.3 is 0 Å². The third kappa shape index (κ3) is 4.21. The van der Waals surface area contributed by atoms with Gasteiger partial charge in [-0.15, -0.1) is 0 Å². The maximum absolute atomic E-state index is 13.0. The number of hydrogen-bond donors (Lipinski definition) is 2. The van der Waals surface area contributed by atoms with Gasteiger partial charge < -0.3 is 10.6 Å². The first kappa shape index (κ1) is 21.5. The Hall–Kier alpha value is -3.68. The largest absolute Gasteiger partial charge is 0.350 e. The van der Waals surface area contributed by atoms with Crippen LogP contribution < -0.4 is 15.5 Å². The zero-order chi connectivity index (χ0) is 22.8. The molecule has 0 spiro atoms. The van der Waals surface area contributed by atoms with E-state index in [0.29, 0.717) is 16.9 Å². The molecule has 3 aromatic carbocycles. The van der Waals surface area contributed by atoms with Gasteiger partial charge in [-0.1, -0.05) is 35.3 Å². The van der Waals surface area contributed by atoms with Crippen LogP contribution in [0.3, 0.4) is 0 Å². The Kier molecular flexibility index (Phi) is 5.94. The van der Waals surface area contributed by atoms with Crippen molar-refractivity contribution in [2.75, 3.05) is 15.5 Å². The molecular weight excluding hydrogens is 456 g/mol. The summed E-state index contributed by atoms with van der Waals surface area (Å²) in [6.45, 7) is 0. The van der Waals surface area contributed by atoms with Crippen molar-refractivity contribution in [1.29, 1.82) is 0 Å².